The molecule has 0 bridgehead atoms. The minimum absolute atomic E-state index is 0.0926. The topological polar surface area (TPSA) is 59.0 Å². The highest BCUT2D eigenvalue weighted by Gasteiger charge is 2.50. The largest absolute Gasteiger partial charge is 0.464 e. The first kappa shape index (κ1) is 44.3. The van der Waals surface area contributed by atoms with Crippen molar-refractivity contribution < 1.29 is 17.7 Å². The van der Waals surface area contributed by atoms with E-state index in [1.54, 1.807) is 0 Å². The number of anilines is 6. The van der Waals surface area contributed by atoms with Gasteiger partial charge in [0.25, 0.3) is 6.71 Å². The molecular weight excluding hydrogens is 884 g/mol. The van der Waals surface area contributed by atoms with E-state index in [9.17, 15) is 0 Å². The fourth-order valence-electron chi connectivity index (χ4n) is 12.1. The van der Waals surface area contributed by atoms with Gasteiger partial charge in [0, 0.05) is 55.0 Å². The van der Waals surface area contributed by atoms with Gasteiger partial charge in [-0.2, -0.15) is 0 Å². The molecule has 6 heterocycles. The highest BCUT2D eigenvalue weighted by molar-refractivity contribution is 7.02. The lowest BCUT2D eigenvalue weighted by Crippen LogP contribution is -2.61. The third-order valence-electron chi connectivity index (χ3n) is 15.7. The smallest absolute Gasteiger partial charge is 0.262 e. The molecule has 7 heteroatoms. The van der Waals surface area contributed by atoms with Crippen LogP contribution in [-0.4, -0.2) is 6.71 Å². The van der Waals surface area contributed by atoms with Gasteiger partial charge in [-0.1, -0.05) is 104 Å². The van der Waals surface area contributed by atoms with Crippen LogP contribution in [0.4, 0.5) is 34.5 Å². The van der Waals surface area contributed by atoms with Crippen LogP contribution in [0.1, 0.15) is 100 Å². The van der Waals surface area contributed by atoms with Crippen molar-refractivity contribution in [2.45, 2.75) is 99.8 Å². The molecule has 2 aliphatic rings. The highest BCUT2D eigenvalue weighted by Crippen LogP contribution is 2.52. The SMILES string of the molecule is Cc1cc(-c2coc3ccccc23)cc(C)c1N1c2cc(C(C)C)cc3c2B(c2c1oc1ccc(C(C)(C)C)cc21)c1c(oc2ccc(C(C)(C)C)cc12)N3c1c(C)cc(-c2coc3ccccc23)cc1C. The molecule has 2 aliphatic heterocycles. The van der Waals surface area contributed by atoms with Crippen molar-refractivity contribution in [3.63, 3.8) is 0 Å². The second-order valence-electron chi connectivity index (χ2n) is 23.0. The number of fused-ring (bicyclic) bond motifs is 10. The van der Waals surface area contributed by atoms with Gasteiger partial charge in [0.15, 0.2) is 0 Å². The first-order valence-electron chi connectivity index (χ1n) is 25.5. The van der Waals surface area contributed by atoms with Gasteiger partial charge in [-0.3, -0.25) is 9.80 Å². The van der Waals surface area contributed by atoms with Crippen molar-refractivity contribution in [3.05, 3.63) is 173 Å². The maximum absolute atomic E-state index is 7.42. The molecule has 11 aromatic rings. The van der Waals surface area contributed by atoms with E-state index >= 15 is 0 Å². The molecule has 0 spiro atoms. The lowest BCUT2D eigenvalue weighted by Gasteiger charge is -2.42. The minimum atomic E-state index is -0.226. The molecule has 0 N–H and O–H groups in total. The quantitative estimate of drug-likeness (QED) is 0.160. The van der Waals surface area contributed by atoms with Gasteiger partial charge >= 0.3 is 0 Å². The first-order valence-corrected chi connectivity index (χ1v) is 25.5. The summed E-state index contributed by atoms with van der Waals surface area (Å²) < 4.78 is 27.1. The standard InChI is InChI=1S/C65H59BN2O4/c1-35(2)40-29-51-59-52(30-40)68(61-38(5)27-42(28-39(61)6)50-34-70-54-20-16-14-18-46(50)54)63-58(48-32-44(65(10,11)12)22-24-56(48)72-63)66(59)57-47-31-43(64(7,8)9)21-23-55(47)71-62(57)67(51)60-36(3)25-41(26-37(60)4)49-33-69-53-19-15-13-17-45(49)53/h13-35H,1-12H3. The van der Waals surface area contributed by atoms with Crippen LogP contribution in [-0.2, 0) is 10.8 Å². The normalized spacial score (nSPS) is 13.6. The first-order chi connectivity index (χ1) is 34.4. The Morgan fingerprint density at radius 1 is 0.444 bits per heavy atom. The zero-order chi connectivity index (χ0) is 49.9. The van der Waals surface area contributed by atoms with Crippen LogP contribution in [0.2, 0.25) is 0 Å². The third-order valence-corrected chi connectivity index (χ3v) is 15.7. The van der Waals surface area contributed by atoms with Gasteiger partial charge in [-0.25, -0.2) is 0 Å². The second-order valence-corrected chi connectivity index (χ2v) is 23.0. The number of para-hydroxylation sites is 2. The number of aryl methyl sites for hydroxylation is 4. The molecule has 0 saturated heterocycles. The van der Waals surface area contributed by atoms with E-state index in [1.807, 2.05) is 36.8 Å². The van der Waals surface area contributed by atoms with Crippen molar-refractivity contribution in [2.24, 2.45) is 0 Å². The van der Waals surface area contributed by atoms with Gasteiger partial charge in [-0.05, 0) is 173 Å². The van der Waals surface area contributed by atoms with Crippen LogP contribution in [0.3, 0.4) is 0 Å². The van der Waals surface area contributed by atoms with Crippen LogP contribution < -0.4 is 26.2 Å². The van der Waals surface area contributed by atoms with Crippen LogP contribution in [0, 0.1) is 27.7 Å². The number of nitrogens with zero attached hydrogens (tertiary/aromatic N) is 2. The third kappa shape index (κ3) is 6.48. The fraction of sp³-hybridized carbons (Fsp3) is 0.231. The van der Waals surface area contributed by atoms with E-state index in [-0.39, 0.29) is 23.5 Å². The Balaban J connectivity index is 1.14. The lowest BCUT2D eigenvalue weighted by atomic mass is 9.33. The van der Waals surface area contributed by atoms with Gasteiger partial charge in [-0.15, -0.1) is 0 Å². The molecule has 13 rings (SSSR count). The molecule has 356 valence electrons. The van der Waals surface area contributed by atoms with Crippen molar-refractivity contribution in [1.29, 1.82) is 0 Å². The summed E-state index contributed by atoms with van der Waals surface area (Å²) in [6.45, 7) is 27.1. The maximum Gasteiger partial charge on any atom is 0.262 e. The number of furan rings is 4. The number of benzene rings is 7. The highest BCUT2D eigenvalue weighted by atomic mass is 16.4. The van der Waals surface area contributed by atoms with Gasteiger partial charge in [0.2, 0.25) is 11.8 Å². The van der Waals surface area contributed by atoms with Crippen molar-refractivity contribution in [3.8, 4) is 22.3 Å². The Kier molecular flexibility index (Phi) is 9.50. The zero-order valence-electron chi connectivity index (χ0n) is 43.4. The molecule has 0 atom stereocenters. The lowest BCUT2D eigenvalue weighted by molar-refractivity contribution is 0.589. The molecule has 4 aromatic heterocycles. The molecule has 0 unspecified atom stereocenters. The summed E-state index contributed by atoms with van der Waals surface area (Å²) in [4.78, 5) is 4.93. The summed E-state index contributed by atoms with van der Waals surface area (Å²) in [5.74, 6) is 1.90. The number of hydrogen-bond donors (Lipinski definition) is 0. The summed E-state index contributed by atoms with van der Waals surface area (Å²) in [6.07, 6.45) is 3.80. The van der Waals surface area contributed by atoms with Crippen molar-refractivity contribution in [2.75, 3.05) is 9.80 Å². The Hall–Kier alpha value is -7.64. The van der Waals surface area contributed by atoms with E-state index in [1.165, 1.54) is 22.2 Å². The van der Waals surface area contributed by atoms with E-state index < -0.39 is 0 Å². The van der Waals surface area contributed by atoms with Gasteiger partial charge in [0.05, 0.1) is 23.9 Å². The summed E-state index contributed by atoms with van der Waals surface area (Å²) in [7, 11) is 0. The van der Waals surface area contributed by atoms with Crippen LogP contribution in [0.15, 0.2) is 152 Å². The van der Waals surface area contributed by atoms with E-state index in [0.29, 0.717) is 0 Å². The number of hydrogen-bond acceptors (Lipinski definition) is 6. The Bertz CT molecular complexity index is 3770. The van der Waals surface area contributed by atoms with Crippen molar-refractivity contribution in [1.82, 2.24) is 0 Å². The zero-order valence-corrected chi connectivity index (χ0v) is 43.4. The fourth-order valence-corrected chi connectivity index (χ4v) is 12.1. The summed E-state index contributed by atoms with van der Waals surface area (Å²) in [6, 6.07) is 44.5. The maximum atomic E-state index is 7.42. The molecule has 0 radical (unpaired) electrons. The van der Waals surface area contributed by atoms with Crippen LogP contribution in [0.25, 0.3) is 66.1 Å². The van der Waals surface area contributed by atoms with Crippen LogP contribution >= 0.6 is 0 Å². The molecule has 0 amide bonds. The van der Waals surface area contributed by atoms with Gasteiger partial charge in [0.1, 0.15) is 22.3 Å². The van der Waals surface area contributed by atoms with E-state index in [4.69, 9.17) is 17.7 Å². The Labute approximate surface area is 421 Å². The second kappa shape index (κ2) is 15.4. The van der Waals surface area contributed by atoms with E-state index in [0.717, 1.165) is 134 Å². The molecule has 7 aromatic carbocycles. The molecule has 0 aliphatic carbocycles. The van der Waals surface area contributed by atoms with Crippen LogP contribution in [0.5, 0.6) is 0 Å². The molecular formula is C65H59BN2O4. The average Bonchev–Trinajstić information content (AvgIpc) is 4.14. The minimum Gasteiger partial charge on any atom is -0.464 e. The monoisotopic (exact) mass is 942 g/mol. The number of rotatable bonds is 5. The molecule has 72 heavy (non-hydrogen) atoms. The summed E-state index contributed by atoms with van der Waals surface area (Å²) in [5.41, 5.74) is 24.1. The summed E-state index contributed by atoms with van der Waals surface area (Å²) in [5, 5.41) is 4.46. The molecule has 6 nitrogen and oxygen atoms in total. The Morgan fingerprint density at radius 3 is 1.24 bits per heavy atom. The van der Waals surface area contributed by atoms with E-state index in [2.05, 4.69) is 190 Å². The predicted octanol–water partition coefficient (Wildman–Crippen LogP) is 17.0. The predicted molar refractivity (Wildman–Crippen MR) is 301 cm³/mol. The van der Waals surface area contributed by atoms with Crippen molar-refractivity contribution >= 4 is 101 Å². The summed E-state index contributed by atoms with van der Waals surface area (Å²) >= 11 is 0. The van der Waals surface area contributed by atoms with Gasteiger partial charge < -0.3 is 17.7 Å². The molecule has 0 fully saturated rings. The molecule has 0 saturated carbocycles. The average molecular weight is 943 g/mol. The Morgan fingerprint density at radius 2 is 0.847 bits per heavy atom.